The van der Waals surface area contributed by atoms with E-state index in [1.807, 2.05) is 18.4 Å². The summed E-state index contributed by atoms with van der Waals surface area (Å²) in [7, 11) is 1.57. The average molecular weight is 450 g/mol. The quantitative estimate of drug-likeness (QED) is 0.564. The zero-order valence-corrected chi connectivity index (χ0v) is 16.1. The van der Waals surface area contributed by atoms with Crippen molar-refractivity contribution >= 4 is 43.8 Å². The van der Waals surface area contributed by atoms with Crippen molar-refractivity contribution in [3.05, 3.63) is 20.8 Å². The molecule has 2 unspecified atom stereocenters. The molecule has 1 saturated heterocycles. The number of nitrogens with one attached hydrogen (secondary N) is 2. The van der Waals surface area contributed by atoms with Crippen molar-refractivity contribution in [1.29, 1.82) is 0 Å². The highest BCUT2D eigenvalue weighted by atomic mass is 79.9. The van der Waals surface area contributed by atoms with Crippen LogP contribution in [0.3, 0.4) is 0 Å². The summed E-state index contributed by atoms with van der Waals surface area (Å²) in [5, 5.41) is 16.5. The van der Waals surface area contributed by atoms with E-state index in [1.165, 1.54) is 4.90 Å². The van der Waals surface area contributed by atoms with Gasteiger partial charge in [0.2, 0.25) is 0 Å². The molecule has 3 aliphatic rings. The molecule has 1 saturated carbocycles. The highest BCUT2D eigenvalue weighted by Crippen LogP contribution is 2.47. The van der Waals surface area contributed by atoms with E-state index in [2.05, 4.69) is 42.5 Å². The first-order chi connectivity index (χ1) is 10.8. The first-order valence-electron chi connectivity index (χ1n) is 7.48. The van der Waals surface area contributed by atoms with Crippen molar-refractivity contribution in [2.75, 3.05) is 7.05 Å². The number of carbonyl (C=O) groups is 2. The monoisotopic (exact) mass is 448 g/mol. The fourth-order valence-electron chi connectivity index (χ4n) is 3.65. The maximum Gasteiger partial charge on any atom is 0.319 e. The number of aromatic nitrogens is 1. The maximum atomic E-state index is 12.3. The van der Waals surface area contributed by atoms with Gasteiger partial charge in [0, 0.05) is 13.5 Å². The van der Waals surface area contributed by atoms with Crippen molar-refractivity contribution < 1.29 is 14.7 Å². The van der Waals surface area contributed by atoms with E-state index in [0.29, 0.717) is 12.1 Å². The Balaban J connectivity index is 0.000000753. The number of likely N-dealkylation sites (N-methyl/N-ethyl adjacent to an activating group) is 1. The number of hydrogen-bond donors (Lipinski definition) is 3. The Morgan fingerprint density at radius 1 is 1.30 bits per heavy atom. The lowest BCUT2D eigenvalue weighted by Gasteiger charge is -2.32. The zero-order valence-electron chi connectivity index (χ0n) is 12.9. The van der Waals surface area contributed by atoms with Gasteiger partial charge < -0.3 is 20.3 Å². The molecule has 0 spiro atoms. The molecule has 7 nitrogen and oxygen atoms in total. The smallest absolute Gasteiger partial charge is 0.319 e. The minimum atomic E-state index is -1.29. The van der Waals surface area contributed by atoms with Crippen LogP contribution >= 0.6 is 31.9 Å². The van der Waals surface area contributed by atoms with Gasteiger partial charge in [0.1, 0.15) is 11.7 Å². The Morgan fingerprint density at radius 2 is 1.96 bits per heavy atom. The van der Waals surface area contributed by atoms with E-state index in [-0.39, 0.29) is 24.0 Å². The van der Waals surface area contributed by atoms with Gasteiger partial charge in [-0.2, -0.15) is 0 Å². The number of hydrogen-bond acceptors (Lipinski definition) is 3. The summed E-state index contributed by atoms with van der Waals surface area (Å²) in [5.74, 6) is -0.212. The number of carbonyl (C=O) groups excluding carboxylic acids is 2. The number of urea groups is 1. The molecule has 4 rings (SSSR count). The number of fused-ring (bicyclic) bond motifs is 5. The fraction of sp³-hybridized carbons (Fsp3) is 0.571. The molecule has 1 aromatic rings. The number of rotatable bonds is 0. The van der Waals surface area contributed by atoms with Gasteiger partial charge in [-0.15, -0.1) is 0 Å². The molecule has 2 aliphatic heterocycles. The number of nitrogens with zero attached hydrogens (tertiary/aromatic N) is 2. The van der Waals surface area contributed by atoms with E-state index in [4.69, 9.17) is 0 Å². The topological polar surface area (TPSA) is 86.6 Å². The van der Waals surface area contributed by atoms with Gasteiger partial charge in [-0.25, -0.2) is 4.79 Å². The van der Waals surface area contributed by atoms with Gasteiger partial charge in [0.25, 0.3) is 5.91 Å². The summed E-state index contributed by atoms with van der Waals surface area (Å²) in [4.78, 5) is 25.4. The third-order valence-electron chi connectivity index (χ3n) is 4.74. The van der Waals surface area contributed by atoms with Gasteiger partial charge in [0.15, 0.2) is 5.72 Å². The van der Waals surface area contributed by atoms with E-state index in [1.54, 1.807) is 13.1 Å². The maximum absolute atomic E-state index is 12.3. The van der Waals surface area contributed by atoms with E-state index in [0.717, 1.165) is 9.08 Å². The Morgan fingerprint density at radius 3 is 2.61 bits per heavy atom. The van der Waals surface area contributed by atoms with Gasteiger partial charge in [-0.3, -0.25) is 9.69 Å². The molecule has 1 aliphatic carbocycles. The molecular weight excluding hydrogens is 432 g/mol. The molecule has 3 heterocycles. The van der Waals surface area contributed by atoms with E-state index in [9.17, 15) is 14.7 Å². The molecule has 3 amide bonds. The fourth-order valence-corrected chi connectivity index (χ4v) is 4.63. The van der Waals surface area contributed by atoms with E-state index >= 15 is 0 Å². The van der Waals surface area contributed by atoms with Crippen LogP contribution in [0, 0.1) is 0 Å². The van der Waals surface area contributed by atoms with Gasteiger partial charge in [-0.05, 0) is 37.9 Å². The minimum absolute atomic E-state index is 0.128. The molecule has 3 N–H and O–H groups in total. The molecular formula is C14H18Br2N4O3. The van der Waals surface area contributed by atoms with Crippen molar-refractivity contribution in [3.63, 3.8) is 0 Å². The van der Waals surface area contributed by atoms with Gasteiger partial charge in [0.05, 0.1) is 21.2 Å². The van der Waals surface area contributed by atoms with Crippen LogP contribution in [-0.4, -0.2) is 51.4 Å². The second kappa shape index (κ2) is 5.49. The van der Waals surface area contributed by atoms with Crippen LogP contribution in [0.4, 0.5) is 4.79 Å². The minimum Gasteiger partial charge on any atom is -0.368 e. The van der Waals surface area contributed by atoms with Gasteiger partial charge in [-0.1, -0.05) is 13.8 Å². The lowest BCUT2D eigenvalue weighted by molar-refractivity contribution is -0.0561. The molecule has 2 fully saturated rings. The summed E-state index contributed by atoms with van der Waals surface area (Å²) in [5.41, 5.74) is -0.759. The van der Waals surface area contributed by atoms with Gasteiger partial charge >= 0.3 is 6.03 Å². The molecule has 9 heteroatoms. The first-order valence-corrected chi connectivity index (χ1v) is 9.07. The second-order valence-electron chi connectivity index (χ2n) is 5.67. The number of halogens is 2. The van der Waals surface area contributed by atoms with E-state index < -0.39 is 11.8 Å². The third-order valence-corrected chi connectivity index (χ3v) is 6.69. The Bertz CT molecular complexity index is 692. The van der Waals surface area contributed by atoms with Crippen LogP contribution < -0.4 is 10.6 Å². The standard InChI is InChI=1S/C12H12Br2N4O3.C2H6/c1-17-11(20)16-8-7-6(3-12(8,17)21)18-5(10(19)15-7)2-4(13)9(18)14;1-2/h2,6-8,21H,3H2,1H3,(H,15,19)(H,16,20);1-2H3/t6?,7?,8-,12-;/m0./s1. The largest absolute Gasteiger partial charge is 0.368 e. The molecule has 0 radical (unpaired) electrons. The summed E-state index contributed by atoms with van der Waals surface area (Å²) >= 11 is 6.88. The van der Waals surface area contributed by atoms with Crippen LogP contribution in [0.5, 0.6) is 0 Å². The predicted molar refractivity (Wildman–Crippen MR) is 91.1 cm³/mol. The van der Waals surface area contributed by atoms with Crippen LogP contribution in [0.1, 0.15) is 36.8 Å². The lowest BCUT2D eigenvalue weighted by Crippen LogP contribution is -2.56. The van der Waals surface area contributed by atoms with Crippen LogP contribution in [0.25, 0.3) is 0 Å². The third kappa shape index (κ3) is 2.09. The SMILES string of the molecule is CC.CN1C(=O)N[C@H]2C3NC(=O)c4cc(Br)c(Br)n4C3C[C@]21O. The number of aliphatic hydroxyl groups is 1. The molecule has 1 aromatic heterocycles. The number of amides is 3. The molecule has 4 atom stereocenters. The molecule has 126 valence electrons. The van der Waals surface area contributed by atoms with Crippen molar-refractivity contribution in [2.24, 2.45) is 0 Å². The zero-order chi connectivity index (χ0) is 17.1. The second-order valence-corrected chi connectivity index (χ2v) is 7.28. The molecule has 23 heavy (non-hydrogen) atoms. The lowest BCUT2D eigenvalue weighted by atomic mass is 10.1. The summed E-state index contributed by atoms with van der Waals surface area (Å²) < 4.78 is 3.43. The Kier molecular flexibility index (Phi) is 4.01. The van der Waals surface area contributed by atoms with Crippen LogP contribution in [-0.2, 0) is 0 Å². The highest BCUT2D eigenvalue weighted by Gasteiger charge is 2.63. The van der Waals surface area contributed by atoms with Crippen molar-refractivity contribution in [2.45, 2.75) is 44.1 Å². The predicted octanol–water partition coefficient (Wildman–Crippen LogP) is 1.81. The average Bonchev–Trinajstić information content (AvgIpc) is 3.06. The Hall–Kier alpha value is -1.06. The summed E-state index contributed by atoms with van der Waals surface area (Å²) in [6, 6.07) is 0.422. The Labute approximate surface area is 150 Å². The molecule has 0 bridgehead atoms. The summed E-state index contributed by atoms with van der Waals surface area (Å²) in [6.45, 7) is 4.00. The first kappa shape index (κ1) is 16.8. The van der Waals surface area contributed by atoms with Crippen LogP contribution in [0.2, 0.25) is 0 Å². The van der Waals surface area contributed by atoms with Crippen molar-refractivity contribution in [3.8, 4) is 0 Å². The van der Waals surface area contributed by atoms with Crippen molar-refractivity contribution in [1.82, 2.24) is 20.1 Å². The highest BCUT2D eigenvalue weighted by molar-refractivity contribution is 9.13. The van der Waals surface area contributed by atoms with Crippen LogP contribution in [0.15, 0.2) is 15.1 Å². The molecule has 0 aromatic carbocycles. The summed E-state index contributed by atoms with van der Waals surface area (Å²) in [6.07, 6.45) is 0.352. The normalized spacial score (nSPS) is 34.0.